The summed E-state index contributed by atoms with van der Waals surface area (Å²) in [4.78, 5) is 26.4. The Kier molecular flexibility index (Phi) is 3.86. The Morgan fingerprint density at radius 2 is 2.00 bits per heavy atom. The quantitative estimate of drug-likeness (QED) is 0.920. The molecule has 1 aromatic heterocycles. The molecule has 1 atom stereocenters. The van der Waals surface area contributed by atoms with Crippen molar-refractivity contribution in [3.63, 3.8) is 0 Å². The van der Waals surface area contributed by atoms with E-state index in [0.717, 1.165) is 5.69 Å². The molecule has 1 saturated heterocycles. The van der Waals surface area contributed by atoms with Crippen molar-refractivity contribution in [3.05, 3.63) is 42.2 Å². The second kappa shape index (κ2) is 5.97. The molecular formula is C15H16N4O3. The minimum absolute atomic E-state index is 0.229. The minimum Gasteiger partial charge on any atom is -0.481 e. The minimum atomic E-state index is -0.856. The number of carboxylic acids is 1. The van der Waals surface area contributed by atoms with Crippen LogP contribution in [0.1, 0.15) is 23.3 Å². The summed E-state index contributed by atoms with van der Waals surface area (Å²) in [6.45, 7) is 0.785. The SMILES string of the molecule is O=C(O)[C@@H]1CCCN(C(=O)c2cnn(-c3ccccc3)n2)C1. The van der Waals surface area contributed by atoms with Crippen LogP contribution in [0.15, 0.2) is 36.5 Å². The fourth-order valence-electron chi connectivity index (χ4n) is 2.57. The average molecular weight is 300 g/mol. The van der Waals surface area contributed by atoms with Crippen LogP contribution in [0, 0.1) is 5.92 Å². The third-order valence-electron chi connectivity index (χ3n) is 3.76. The van der Waals surface area contributed by atoms with E-state index in [0.29, 0.717) is 19.4 Å². The summed E-state index contributed by atoms with van der Waals surface area (Å²) in [6, 6.07) is 9.30. The highest BCUT2D eigenvalue weighted by molar-refractivity contribution is 5.92. The molecule has 114 valence electrons. The molecule has 7 heteroatoms. The van der Waals surface area contributed by atoms with Crippen LogP contribution < -0.4 is 0 Å². The number of rotatable bonds is 3. The van der Waals surface area contributed by atoms with Crippen LogP contribution in [0.2, 0.25) is 0 Å². The van der Waals surface area contributed by atoms with Gasteiger partial charge in [0.15, 0.2) is 5.69 Å². The molecule has 0 spiro atoms. The molecule has 1 aromatic carbocycles. The zero-order valence-corrected chi connectivity index (χ0v) is 11.9. The molecule has 1 aliphatic rings. The molecule has 3 rings (SSSR count). The molecule has 1 N–H and O–H groups in total. The van der Waals surface area contributed by atoms with Gasteiger partial charge >= 0.3 is 5.97 Å². The second-order valence-electron chi connectivity index (χ2n) is 5.28. The van der Waals surface area contributed by atoms with Gasteiger partial charge in [-0.2, -0.15) is 9.90 Å². The van der Waals surface area contributed by atoms with Crippen molar-refractivity contribution in [1.29, 1.82) is 0 Å². The number of amides is 1. The molecule has 2 heterocycles. The number of piperidine rings is 1. The van der Waals surface area contributed by atoms with E-state index in [1.165, 1.54) is 11.0 Å². The lowest BCUT2D eigenvalue weighted by atomic mass is 9.98. The van der Waals surface area contributed by atoms with Crippen molar-refractivity contribution in [2.75, 3.05) is 13.1 Å². The molecule has 1 aliphatic heterocycles. The number of nitrogens with zero attached hydrogens (tertiary/aromatic N) is 4. The van der Waals surface area contributed by atoms with Gasteiger partial charge < -0.3 is 10.0 Å². The smallest absolute Gasteiger partial charge is 0.308 e. The van der Waals surface area contributed by atoms with E-state index in [2.05, 4.69) is 10.2 Å². The maximum atomic E-state index is 12.4. The van der Waals surface area contributed by atoms with E-state index < -0.39 is 11.9 Å². The summed E-state index contributed by atoms with van der Waals surface area (Å²) < 4.78 is 0. The summed E-state index contributed by atoms with van der Waals surface area (Å²) in [5, 5.41) is 17.4. The molecule has 1 amide bonds. The lowest BCUT2D eigenvalue weighted by Crippen LogP contribution is -2.42. The zero-order valence-electron chi connectivity index (χ0n) is 11.9. The van der Waals surface area contributed by atoms with Gasteiger partial charge in [-0.05, 0) is 25.0 Å². The fourth-order valence-corrected chi connectivity index (χ4v) is 2.57. The van der Waals surface area contributed by atoms with Gasteiger partial charge in [-0.1, -0.05) is 18.2 Å². The number of carboxylic acid groups (broad SMARTS) is 1. The average Bonchev–Trinajstić information content (AvgIpc) is 3.05. The third-order valence-corrected chi connectivity index (χ3v) is 3.76. The number of aromatic nitrogens is 3. The zero-order chi connectivity index (χ0) is 15.5. The van der Waals surface area contributed by atoms with E-state index in [1.54, 1.807) is 4.90 Å². The van der Waals surface area contributed by atoms with Gasteiger partial charge in [-0.3, -0.25) is 9.59 Å². The molecule has 0 saturated carbocycles. The summed E-state index contributed by atoms with van der Waals surface area (Å²) in [7, 11) is 0. The molecule has 22 heavy (non-hydrogen) atoms. The third kappa shape index (κ3) is 2.83. The van der Waals surface area contributed by atoms with E-state index in [9.17, 15) is 9.59 Å². The highest BCUT2D eigenvalue weighted by Crippen LogP contribution is 2.18. The van der Waals surface area contributed by atoms with Crippen LogP contribution in [-0.2, 0) is 4.79 Å². The van der Waals surface area contributed by atoms with Gasteiger partial charge in [0.25, 0.3) is 5.91 Å². The monoisotopic (exact) mass is 300 g/mol. The van der Waals surface area contributed by atoms with Gasteiger partial charge in [-0.15, -0.1) is 5.10 Å². The predicted octanol–water partition coefficient (Wildman–Crippen LogP) is 1.20. The Hall–Kier alpha value is -2.70. The van der Waals surface area contributed by atoms with Crippen molar-refractivity contribution in [2.45, 2.75) is 12.8 Å². The Balaban J connectivity index is 1.76. The molecule has 2 aromatic rings. The van der Waals surface area contributed by atoms with E-state index in [1.807, 2.05) is 30.3 Å². The van der Waals surface area contributed by atoms with Gasteiger partial charge in [0, 0.05) is 13.1 Å². The highest BCUT2D eigenvalue weighted by Gasteiger charge is 2.29. The number of aliphatic carboxylic acids is 1. The maximum Gasteiger partial charge on any atom is 0.308 e. The number of carbonyl (C=O) groups excluding carboxylic acids is 1. The van der Waals surface area contributed by atoms with Crippen LogP contribution in [-0.4, -0.2) is 50.0 Å². The first kappa shape index (κ1) is 14.2. The van der Waals surface area contributed by atoms with Crippen LogP contribution in [0.4, 0.5) is 0 Å². The first-order valence-electron chi connectivity index (χ1n) is 7.15. The summed E-state index contributed by atoms with van der Waals surface area (Å²) >= 11 is 0. The number of benzene rings is 1. The Bertz CT molecular complexity index is 683. The molecule has 1 fully saturated rings. The van der Waals surface area contributed by atoms with Crippen LogP contribution in [0.5, 0.6) is 0 Å². The normalized spacial score (nSPS) is 18.2. The molecule has 0 unspecified atom stereocenters. The van der Waals surface area contributed by atoms with Gasteiger partial charge in [0.05, 0.1) is 17.8 Å². The number of hydrogen-bond acceptors (Lipinski definition) is 4. The summed E-state index contributed by atoms with van der Waals surface area (Å²) in [5.74, 6) is -1.62. The maximum absolute atomic E-state index is 12.4. The topological polar surface area (TPSA) is 88.3 Å². The van der Waals surface area contributed by atoms with Crippen molar-refractivity contribution >= 4 is 11.9 Å². The van der Waals surface area contributed by atoms with E-state index >= 15 is 0 Å². The van der Waals surface area contributed by atoms with Crippen molar-refractivity contribution < 1.29 is 14.7 Å². The van der Waals surface area contributed by atoms with Crippen LogP contribution >= 0.6 is 0 Å². The van der Waals surface area contributed by atoms with Crippen molar-refractivity contribution in [3.8, 4) is 5.69 Å². The molecule has 0 bridgehead atoms. The Morgan fingerprint density at radius 3 is 2.73 bits per heavy atom. The van der Waals surface area contributed by atoms with Gasteiger partial charge in [0.2, 0.25) is 0 Å². The standard InChI is InChI=1S/C15H16N4O3/c20-14(18-8-4-5-11(10-18)15(21)22)13-9-16-19(17-13)12-6-2-1-3-7-12/h1-3,6-7,9,11H,4-5,8,10H2,(H,21,22)/t11-/m1/s1. The Labute approximate surface area is 127 Å². The summed E-state index contributed by atoms with van der Waals surface area (Å²) in [6.07, 6.45) is 2.71. The fraction of sp³-hybridized carbons (Fsp3) is 0.333. The molecule has 0 aliphatic carbocycles. The number of hydrogen-bond donors (Lipinski definition) is 1. The van der Waals surface area contributed by atoms with E-state index in [-0.39, 0.29) is 18.1 Å². The number of likely N-dealkylation sites (tertiary alicyclic amines) is 1. The van der Waals surface area contributed by atoms with Gasteiger partial charge in [-0.25, -0.2) is 0 Å². The predicted molar refractivity (Wildman–Crippen MR) is 77.6 cm³/mol. The molecule has 0 radical (unpaired) electrons. The van der Waals surface area contributed by atoms with Crippen LogP contribution in [0.3, 0.4) is 0 Å². The highest BCUT2D eigenvalue weighted by atomic mass is 16.4. The number of para-hydroxylation sites is 1. The second-order valence-corrected chi connectivity index (χ2v) is 5.28. The van der Waals surface area contributed by atoms with Crippen molar-refractivity contribution in [2.24, 2.45) is 5.92 Å². The van der Waals surface area contributed by atoms with Gasteiger partial charge in [0.1, 0.15) is 0 Å². The lowest BCUT2D eigenvalue weighted by molar-refractivity contribution is -0.143. The number of carbonyl (C=O) groups is 2. The lowest BCUT2D eigenvalue weighted by Gasteiger charge is -2.29. The Morgan fingerprint density at radius 1 is 1.23 bits per heavy atom. The first-order chi connectivity index (χ1) is 10.6. The molecule has 7 nitrogen and oxygen atoms in total. The first-order valence-corrected chi connectivity index (χ1v) is 7.15. The summed E-state index contributed by atoms with van der Waals surface area (Å²) in [5.41, 5.74) is 0.999. The van der Waals surface area contributed by atoms with Crippen molar-refractivity contribution in [1.82, 2.24) is 19.9 Å². The largest absolute Gasteiger partial charge is 0.481 e. The molecular weight excluding hydrogens is 284 g/mol. The van der Waals surface area contributed by atoms with Crippen LogP contribution in [0.25, 0.3) is 5.69 Å². The van der Waals surface area contributed by atoms with E-state index in [4.69, 9.17) is 5.11 Å².